The van der Waals surface area contributed by atoms with Gasteiger partial charge in [0, 0.05) is 11.6 Å². The number of aromatic nitrogens is 5. The van der Waals surface area contributed by atoms with E-state index in [1.165, 1.54) is 55.6 Å². The largest absolute Gasteiger partial charge is 0.456 e. The molecule has 8 aromatic rings. The first-order valence-corrected chi connectivity index (χ1v) is 14.3. The lowest BCUT2D eigenvalue weighted by Crippen LogP contribution is -2.71. The van der Waals surface area contributed by atoms with Crippen LogP contribution in [-0.2, 0) is 5.66 Å². The number of benzene rings is 4. The molecule has 4 aromatic carbocycles. The van der Waals surface area contributed by atoms with Crippen LogP contribution in [0.15, 0.2) is 97.2 Å². The number of imidazole rings is 2. The number of ether oxygens (including phenoxy) is 1. The fourth-order valence-electron chi connectivity index (χ4n) is 8.44. The number of hydrogen-bond donors (Lipinski definition) is 0. The molecule has 0 saturated carbocycles. The van der Waals surface area contributed by atoms with Gasteiger partial charge in [0.25, 0.3) is 5.82 Å². The molecule has 1 atom stereocenters. The SMILES string of the molecule is CC(C)n1c2[n+](c3ccccc31)C13c4c(cccc4-2)Oc2ccc4c5ncccc5n5c6ccccc6[n+]1c5c4c23. The molecule has 0 bridgehead atoms. The van der Waals surface area contributed by atoms with Gasteiger partial charge in [-0.25, -0.2) is 4.57 Å². The topological polar surface area (TPSA) is 39.2 Å². The summed E-state index contributed by atoms with van der Waals surface area (Å²) in [6.45, 7) is 4.57. The zero-order chi connectivity index (χ0) is 26.8. The second kappa shape index (κ2) is 6.39. The Labute approximate surface area is 233 Å². The minimum atomic E-state index is -0.651. The van der Waals surface area contributed by atoms with E-state index in [9.17, 15) is 0 Å². The fraction of sp³-hybridized carbons (Fsp3) is 0.114. The van der Waals surface area contributed by atoms with E-state index in [0.717, 1.165) is 27.9 Å². The summed E-state index contributed by atoms with van der Waals surface area (Å²) < 4.78 is 17.0. The number of nitrogens with zero attached hydrogens (tertiary/aromatic N) is 5. The minimum Gasteiger partial charge on any atom is -0.456 e. The van der Waals surface area contributed by atoms with Crippen molar-refractivity contribution in [1.29, 1.82) is 0 Å². The molecular weight excluding hydrogens is 506 g/mol. The zero-order valence-corrected chi connectivity index (χ0v) is 22.5. The van der Waals surface area contributed by atoms with E-state index in [0.29, 0.717) is 0 Å². The number of para-hydroxylation sites is 4. The van der Waals surface area contributed by atoms with Crippen LogP contribution in [0.5, 0.6) is 11.5 Å². The highest BCUT2D eigenvalue weighted by atomic mass is 16.5. The minimum absolute atomic E-state index is 0.270. The monoisotopic (exact) mass is 529 g/mol. The van der Waals surface area contributed by atoms with Crippen LogP contribution >= 0.6 is 0 Å². The van der Waals surface area contributed by atoms with E-state index < -0.39 is 5.66 Å². The Hall–Kier alpha value is -5.23. The Morgan fingerprint density at radius 1 is 0.732 bits per heavy atom. The van der Waals surface area contributed by atoms with Crippen LogP contribution < -0.4 is 13.9 Å². The maximum absolute atomic E-state index is 6.82. The molecule has 7 heterocycles. The van der Waals surface area contributed by atoms with E-state index in [4.69, 9.17) is 9.72 Å². The molecule has 41 heavy (non-hydrogen) atoms. The fourth-order valence-corrected chi connectivity index (χ4v) is 8.44. The first kappa shape index (κ1) is 20.6. The average molecular weight is 530 g/mol. The third kappa shape index (κ3) is 1.94. The summed E-state index contributed by atoms with van der Waals surface area (Å²) in [6, 6.07) is 33.1. The van der Waals surface area contributed by atoms with Gasteiger partial charge in [0.05, 0.1) is 17.0 Å². The molecule has 4 aromatic heterocycles. The van der Waals surface area contributed by atoms with Crippen molar-refractivity contribution in [2.24, 2.45) is 0 Å². The zero-order valence-electron chi connectivity index (χ0n) is 22.5. The Kier molecular flexibility index (Phi) is 3.22. The van der Waals surface area contributed by atoms with Crippen molar-refractivity contribution in [3.05, 3.63) is 108 Å². The van der Waals surface area contributed by atoms with Gasteiger partial charge in [-0.05, 0) is 74.5 Å². The van der Waals surface area contributed by atoms with Gasteiger partial charge in [-0.3, -0.25) is 4.98 Å². The molecule has 0 amide bonds. The predicted molar refractivity (Wildman–Crippen MR) is 158 cm³/mol. The summed E-state index contributed by atoms with van der Waals surface area (Å²) in [5, 5.41) is 2.37. The third-order valence-corrected chi connectivity index (χ3v) is 9.63. The Morgan fingerprint density at radius 2 is 1.49 bits per heavy atom. The Balaban J connectivity index is 1.53. The van der Waals surface area contributed by atoms with Gasteiger partial charge in [-0.15, -0.1) is 0 Å². The molecule has 192 valence electrons. The summed E-state index contributed by atoms with van der Waals surface area (Å²) in [5.74, 6) is 3.05. The molecule has 0 radical (unpaired) electrons. The van der Waals surface area contributed by atoms with Gasteiger partial charge in [0.15, 0.2) is 27.6 Å². The van der Waals surface area contributed by atoms with E-state index in [1.54, 1.807) is 0 Å². The molecule has 3 aliphatic heterocycles. The van der Waals surface area contributed by atoms with Gasteiger partial charge in [0.2, 0.25) is 0 Å². The van der Waals surface area contributed by atoms with Gasteiger partial charge >= 0.3 is 11.3 Å². The predicted octanol–water partition coefficient (Wildman–Crippen LogP) is 6.60. The number of pyridine rings is 2. The molecular formula is C35H23N5O+2. The summed E-state index contributed by atoms with van der Waals surface area (Å²) in [4.78, 5) is 4.95. The lowest BCUT2D eigenvalue weighted by atomic mass is 9.85. The van der Waals surface area contributed by atoms with Gasteiger partial charge in [0.1, 0.15) is 28.1 Å². The van der Waals surface area contributed by atoms with Crippen LogP contribution in [0.2, 0.25) is 0 Å². The van der Waals surface area contributed by atoms with Crippen LogP contribution in [0.25, 0.3) is 60.9 Å². The highest BCUT2D eigenvalue weighted by Gasteiger charge is 2.68. The lowest BCUT2D eigenvalue weighted by Gasteiger charge is -2.30. The standard InChI is InChI=1S/C35H23N5O/c1-19(2)37-22-10-3-5-12-24(22)39-33(37)21-9-7-15-27-30(21)35(39)31-28(41-27)17-16-20-29(31)34-38(26-14-8-18-36-32(20)26)23-11-4-6-13-25(23)40(34)35/h3-19H,1-2H3/q+2. The molecule has 1 unspecified atom stereocenters. The van der Waals surface area contributed by atoms with Crippen molar-refractivity contribution >= 4 is 49.5 Å². The van der Waals surface area contributed by atoms with Crippen LogP contribution in [0.4, 0.5) is 0 Å². The first-order chi connectivity index (χ1) is 20.2. The highest BCUT2D eigenvalue weighted by molar-refractivity contribution is 6.14. The normalized spacial score (nSPS) is 17.5. The van der Waals surface area contributed by atoms with E-state index in [-0.39, 0.29) is 6.04 Å². The number of fused-ring (bicyclic) bond motifs is 10. The van der Waals surface area contributed by atoms with E-state index >= 15 is 0 Å². The van der Waals surface area contributed by atoms with Gasteiger partial charge < -0.3 is 4.74 Å². The molecule has 1 spiro atoms. The maximum atomic E-state index is 6.82. The molecule has 0 fully saturated rings. The van der Waals surface area contributed by atoms with Crippen molar-refractivity contribution in [2.45, 2.75) is 25.6 Å². The van der Waals surface area contributed by atoms with Crippen molar-refractivity contribution in [1.82, 2.24) is 14.0 Å². The van der Waals surface area contributed by atoms with Crippen LogP contribution in [-0.4, -0.2) is 14.0 Å². The second-order valence-corrected chi connectivity index (χ2v) is 11.8. The highest BCUT2D eigenvalue weighted by Crippen LogP contribution is 2.58. The summed E-state index contributed by atoms with van der Waals surface area (Å²) >= 11 is 0. The molecule has 6 heteroatoms. The average Bonchev–Trinajstić information content (AvgIpc) is 3.71. The smallest absolute Gasteiger partial charge is 0.316 e. The van der Waals surface area contributed by atoms with Crippen molar-refractivity contribution < 1.29 is 13.9 Å². The molecule has 0 aliphatic carbocycles. The van der Waals surface area contributed by atoms with Crippen molar-refractivity contribution in [3.8, 4) is 22.9 Å². The van der Waals surface area contributed by atoms with Crippen LogP contribution in [0, 0.1) is 0 Å². The molecule has 0 saturated heterocycles. The van der Waals surface area contributed by atoms with E-state index in [1.807, 2.05) is 12.3 Å². The molecule has 6 nitrogen and oxygen atoms in total. The first-order valence-electron chi connectivity index (χ1n) is 14.3. The Bertz CT molecular complexity index is 2550. The van der Waals surface area contributed by atoms with E-state index in [2.05, 4.69) is 117 Å². The summed E-state index contributed by atoms with van der Waals surface area (Å²) in [7, 11) is 0. The number of rotatable bonds is 1. The molecule has 11 rings (SSSR count). The summed E-state index contributed by atoms with van der Waals surface area (Å²) in [5.41, 5.74) is 11.1. The quantitative estimate of drug-likeness (QED) is 0.178. The van der Waals surface area contributed by atoms with Gasteiger partial charge in [-0.1, -0.05) is 30.3 Å². The maximum Gasteiger partial charge on any atom is 0.316 e. The molecule has 0 N–H and O–H groups in total. The third-order valence-electron chi connectivity index (χ3n) is 9.63. The van der Waals surface area contributed by atoms with Crippen molar-refractivity contribution in [2.75, 3.05) is 0 Å². The lowest BCUT2D eigenvalue weighted by molar-refractivity contribution is -0.929. The van der Waals surface area contributed by atoms with Crippen LogP contribution in [0.1, 0.15) is 31.0 Å². The number of hydrogen-bond acceptors (Lipinski definition) is 2. The molecule has 3 aliphatic rings. The summed E-state index contributed by atoms with van der Waals surface area (Å²) in [6.07, 6.45) is 1.91. The van der Waals surface area contributed by atoms with Crippen LogP contribution in [0.3, 0.4) is 0 Å². The van der Waals surface area contributed by atoms with Crippen molar-refractivity contribution in [3.63, 3.8) is 0 Å². The second-order valence-electron chi connectivity index (χ2n) is 11.8. The Morgan fingerprint density at radius 3 is 2.34 bits per heavy atom. The van der Waals surface area contributed by atoms with Gasteiger partial charge in [-0.2, -0.15) is 13.5 Å².